The number of hydrogen-bond donors (Lipinski definition) is 1. The summed E-state index contributed by atoms with van der Waals surface area (Å²) in [7, 11) is 0. The largest absolute Gasteiger partial charge is 0.312 e. The molecule has 52 valence electrons. The highest BCUT2D eigenvalue weighted by atomic mass is 127. The van der Waals surface area contributed by atoms with Crippen LogP contribution in [0.5, 0.6) is 0 Å². The molecule has 1 atom stereocenters. The minimum atomic E-state index is -0.450. The van der Waals surface area contributed by atoms with Crippen molar-refractivity contribution in [3.63, 3.8) is 0 Å². The van der Waals surface area contributed by atoms with Crippen molar-refractivity contribution in [2.45, 2.75) is 6.04 Å². The van der Waals surface area contributed by atoms with Gasteiger partial charge in [0.15, 0.2) is 0 Å². The molecule has 2 N–H and O–H groups in total. The lowest BCUT2D eigenvalue weighted by atomic mass is 10.3. The molecule has 10 heavy (non-hydrogen) atoms. The number of thiophene rings is 1. The third kappa shape index (κ3) is 1.68. The molecule has 1 rings (SSSR count). The molecule has 0 fully saturated rings. The molecule has 0 saturated heterocycles. The van der Waals surface area contributed by atoms with Gasteiger partial charge in [0.1, 0.15) is 6.04 Å². The van der Waals surface area contributed by atoms with E-state index >= 15 is 0 Å². The van der Waals surface area contributed by atoms with Crippen molar-refractivity contribution < 1.29 is 0 Å². The quantitative estimate of drug-likeness (QED) is 0.787. The molecule has 1 unspecified atom stereocenters. The number of nitriles is 1. The molecule has 0 spiro atoms. The smallest absolute Gasteiger partial charge is 0.128 e. The Hall–Kier alpha value is -0.120. The molecule has 0 aromatic carbocycles. The molecule has 0 aliphatic rings. The van der Waals surface area contributed by atoms with E-state index in [1.807, 2.05) is 17.5 Å². The zero-order valence-electron chi connectivity index (χ0n) is 5.04. The van der Waals surface area contributed by atoms with Crippen LogP contribution < -0.4 is 5.73 Å². The first-order valence-corrected chi connectivity index (χ1v) is 4.59. The molecule has 0 aliphatic heterocycles. The van der Waals surface area contributed by atoms with Crippen LogP contribution >= 0.6 is 33.9 Å². The number of nitrogens with two attached hydrogens (primary N) is 1. The van der Waals surface area contributed by atoms with Crippen molar-refractivity contribution in [2.75, 3.05) is 0 Å². The van der Waals surface area contributed by atoms with E-state index in [4.69, 9.17) is 11.0 Å². The molecule has 2 nitrogen and oxygen atoms in total. The van der Waals surface area contributed by atoms with Gasteiger partial charge in [-0.25, -0.2) is 0 Å². The van der Waals surface area contributed by atoms with E-state index in [0.29, 0.717) is 0 Å². The van der Waals surface area contributed by atoms with Crippen LogP contribution in [0.1, 0.15) is 10.9 Å². The van der Waals surface area contributed by atoms with Crippen LogP contribution in [0.2, 0.25) is 0 Å². The van der Waals surface area contributed by atoms with E-state index in [9.17, 15) is 0 Å². The maximum absolute atomic E-state index is 8.43. The first kappa shape index (κ1) is 7.98. The maximum Gasteiger partial charge on any atom is 0.128 e. The Labute approximate surface area is 76.8 Å². The number of rotatable bonds is 1. The molecule has 0 bridgehead atoms. The Balaban J connectivity index is 2.87. The van der Waals surface area contributed by atoms with Crippen LogP contribution in [0.4, 0.5) is 0 Å². The van der Waals surface area contributed by atoms with Gasteiger partial charge in [-0.05, 0) is 28.7 Å². The molecule has 1 aromatic rings. The fourth-order valence-electron chi connectivity index (χ4n) is 0.555. The number of nitrogens with zero attached hydrogens (tertiary/aromatic N) is 1. The van der Waals surface area contributed by atoms with Gasteiger partial charge in [-0.15, -0.1) is 11.3 Å². The second kappa shape index (κ2) is 3.32. The monoisotopic (exact) mass is 264 g/mol. The van der Waals surface area contributed by atoms with Gasteiger partial charge in [-0.1, -0.05) is 0 Å². The van der Waals surface area contributed by atoms with Crippen molar-refractivity contribution in [3.05, 3.63) is 19.9 Å². The predicted octanol–water partition coefficient (Wildman–Crippen LogP) is 1.88. The molecule has 1 heterocycles. The normalized spacial score (nSPS) is 12.5. The Morgan fingerprint density at radius 2 is 2.50 bits per heavy atom. The lowest BCUT2D eigenvalue weighted by molar-refractivity contribution is 0.951. The summed E-state index contributed by atoms with van der Waals surface area (Å²) in [6, 6.07) is 3.46. The van der Waals surface area contributed by atoms with Gasteiger partial charge in [-0.2, -0.15) is 5.26 Å². The average Bonchev–Trinajstić information content (AvgIpc) is 2.34. The third-order valence-corrected chi connectivity index (χ3v) is 3.09. The lowest BCUT2D eigenvalue weighted by Crippen LogP contribution is -2.04. The zero-order valence-corrected chi connectivity index (χ0v) is 8.02. The Morgan fingerprint density at radius 1 is 1.80 bits per heavy atom. The molecular formula is C6H5IN2S. The molecular weight excluding hydrogens is 259 g/mol. The van der Waals surface area contributed by atoms with Gasteiger partial charge in [0.25, 0.3) is 0 Å². The Morgan fingerprint density at radius 3 is 2.90 bits per heavy atom. The van der Waals surface area contributed by atoms with Crippen molar-refractivity contribution in [2.24, 2.45) is 5.73 Å². The molecule has 0 saturated carbocycles. The number of hydrogen-bond acceptors (Lipinski definition) is 3. The summed E-state index contributed by atoms with van der Waals surface area (Å²) in [5.74, 6) is 0. The molecule has 4 heteroatoms. The van der Waals surface area contributed by atoms with E-state index in [2.05, 4.69) is 22.6 Å². The molecule has 0 amide bonds. The summed E-state index contributed by atoms with van der Waals surface area (Å²) < 4.78 is 1.14. The van der Waals surface area contributed by atoms with Crippen LogP contribution in [0.15, 0.2) is 11.4 Å². The summed E-state index contributed by atoms with van der Waals surface area (Å²) >= 11 is 3.72. The first-order valence-electron chi connectivity index (χ1n) is 2.63. The van der Waals surface area contributed by atoms with Gasteiger partial charge in [0, 0.05) is 13.8 Å². The minimum Gasteiger partial charge on any atom is -0.312 e. The van der Waals surface area contributed by atoms with Crippen molar-refractivity contribution in [1.29, 1.82) is 5.26 Å². The highest BCUT2D eigenvalue weighted by Gasteiger charge is 2.05. The van der Waals surface area contributed by atoms with Crippen LogP contribution in [-0.2, 0) is 0 Å². The Kier molecular flexibility index (Phi) is 2.65. The van der Waals surface area contributed by atoms with E-state index in [1.54, 1.807) is 0 Å². The highest BCUT2D eigenvalue weighted by molar-refractivity contribution is 14.1. The van der Waals surface area contributed by atoms with Crippen LogP contribution in [0.25, 0.3) is 0 Å². The van der Waals surface area contributed by atoms with Crippen LogP contribution in [0.3, 0.4) is 0 Å². The second-order valence-corrected chi connectivity index (χ2v) is 3.96. The fraction of sp³-hybridized carbons (Fsp3) is 0.167. The van der Waals surface area contributed by atoms with Gasteiger partial charge < -0.3 is 5.73 Å². The maximum atomic E-state index is 8.43. The van der Waals surface area contributed by atoms with Crippen molar-refractivity contribution >= 4 is 33.9 Å². The fourth-order valence-corrected chi connectivity index (χ4v) is 2.19. The van der Waals surface area contributed by atoms with Crippen LogP contribution in [0, 0.1) is 14.9 Å². The third-order valence-electron chi connectivity index (χ3n) is 1.03. The molecule has 0 aliphatic carbocycles. The first-order chi connectivity index (χ1) is 4.74. The Bertz CT molecular complexity index is 263. The van der Waals surface area contributed by atoms with E-state index in [-0.39, 0.29) is 0 Å². The standard InChI is InChI=1S/C6H5IN2S/c7-4-1-6(10-3-4)5(9)2-8/h1,3,5H,9H2. The number of halogens is 1. The van der Waals surface area contributed by atoms with Gasteiger partial charge in [0.05, 0.1) is 6.07 Å². The summed E-state index contributed by atoms with van der Waals surface area (Å²) in [6.07, 6.45) is 0. The van der Waals surface area contributed by atoms with E-state index < -0.39 is 6.04 Å². The molecule has 0 radical (unpaired) electrons. The highest BCUT2D eigenvalue weighted by Crippen LogP contribution is 2.20. The van der Waals surface area contributed by atoms with Crippen molar-refractivity contribution in [3.8, 4) is 6.07 Å². The minimum absolute atomic E-state index is 0.450. The second-order valence-electron chi connectivity index (χ2n) is 1.77. The van der Waals surface area contributed by atoms with Crippen molar-refractivity contribution in [1.82, 2.24) is 0 Å². The summed E-state index contributed by atoms with van der Waals surface area (Å²) in [4.78, 5) is 0.937. The summed E-state index contributed by atoms with van der Waals surface area (Å²) in [5, 5.41) is 10.4. The van der Waals surface area contributed by atoms with E-state index in [0.717, 1.165) is 8.45 Å². The summed E-state index contributed by atoms with van der Waals surface area (Å²) in [5.41, 5.74) is 5.45. The molecule has 1 aromatic heterocycles. The topological polar surface area (TPSA) is 49.8 Å². The van der Waals surface area contributed by atoms with Gasteiger partial charge >= 0.3 is 0 Å². The summed E-state index contributed by atoms with van der Waals surface area (Å²) in [6.45, 7) is 0. The zero-order chi connectivity index (χ0) is 7.56. The van der Waals surface area contributed by atoms with Gasteiger partial charge in [-0.3, -0.25) is 0 Å². The SMILES string of the molecule is N#CC(N)c1cc(I)cs1. The average molecular weight is 264 g/mol. The van der Waals surface area contributed by atoms with Gasteiger partial charge in [0.2, 0.25) is 0 Å². The lowest BCUT2D eigenvalue weighted by Gasteiger charge is -1.93. The van der Waals surface area contributed by atoms with Crippen LogP contribution in [-0.4, -0.2) is 0 Å². The van der Waals surface area contributed by atoms with E-state index in [1.165, 1.54) is 11.3 Å². The predicted molar refractivity (Wildman–Crippen MR) is 49.6 cm³/mol.